The number of Topliss-reactive ketones (excluding diaryl/α,β-unsaturated/α-hetero) is 1. The predicted molar refractivity (Wildman–Crippen MR) is 94.0 cm³/mol. The molecule has 7 heteroatoms. The third-order valence-corrected chi connectivity index (χ3v) is 5.97. The zero-order valence-corrected chi connectivity index (χ0v) is 16.9. The van der Waals surface area contributed by atoms with Gasteiger partial charge in [0.15, 0.2) is 0 Å². The molecule has 1 aromatic carbocycles. The molecule has 0 saturated heterocycles. The first-order valence-corrected chi connectivity index (χ1v) is 9.26. The van der Waals surface area contributed by atoms with Crippen molar-refractivity contribution in [3.8, 4) is 5.75 Å². The maximum Gasteiger partial charge on any atom is 0.446 e. The number of carbonyl (C=O) groups is 1. The Kier molecular flexibility index (Phi) is 3.74. The van der Waals surface area contributed by atoms with Gasteiger partial charge in [-0.3, -0.25) is 9.35 Å². The van der Waals surface area contributed by atoms with E-state index in [0.717, 1.165) is 11.1 Å². The Morgan fingerprint density at radius 2 is 2.20 bits per heavy atom. The van der Waals surface area contributed by atoms with Crippen molar-refractivity contribution >= 4 is 45.7 Å². The number of ketones is 1. The fourth-order valence-corrected chi connectivity index (χ4v) is 4.65. The molecule has 3 aliphatic carbocycles. The van der Waals surface area contributed by atoms with E-state index in [-0.39, 0.29) is 65.7 Å². The van der Waals surface area contributed by atoms with E-state index >= 15 is 0 Å². The van der Waals surface area contributed by atoms with Crippen molar-refractivity contribution in [1.82, 2.24) is 0 Å². The van der Waals surface area contributed by atoms with Crippen LogP contribution in [-0.4, -0.2) is 48.3 Å². The van der Waals surface area contributed by atoms with Gasteiger partial charge in [-0.2, -0.15) is 8.42 Å². The van der Waals surface area contributed by atoms with Gasteiger partial charge < -0.3 is 4.18 Å². The quantitative estimate of drug-likeness (QED) is 0.488. The smallest absolute Gasteiger partial charge is 0.362 e. The van der Waals surface area contributed by atoms with Gasteiger partial charge in [0.25, 0.3) is 0 Å². The van der Waals surface area contributed by atoms with E-state index in [1.807, 2.05) is 13.0 Å². The topological polar surface area (TPSA) is 80.7 Å². The first kappa shape index (κ1) is 14.4. The Morgan fingerprint density at radius 1 is 1.44 bits per heavy atom. The van der Waals surface area contributed by atoms with E-state index in [1.165, 1.54) is 6.07 Å². The number of allylic oxidation sites excluding steroid dienone is 2. The molecule has 0 aromatic heterocycles. The van der Waals surface area contributed by atoms with Crippen molar-refractivity contribution in [3.05, 3.63) is 40.9 Å². The van der Waals surface area contributed by atoms with Crippen molar-refractivity contribution < 1.29 is 27.4 Å². The van der Waals surface area contributed by atoms with Gasteiger partial charge in [0, 0.05) is 50.0 Å². The number of hydrogen-bond acceptors (Lipinski definition) is 4. The van der Waals surface area contributed by atoms with Crippen molar-refractivity contribution in [3.63, 3.8) is 0 Å². The van der Waals surface area contributed by atoms with E-state index < -0.39 is 27.9 Å². The zero-order valence-electron chi connectivity index (χ0n) is 18.1. The number of hydrogen-bond donors (Lipinski definition) is 1. The summed E-state index contributed by atoms with van der Waals surface area (Å²) >= 11 is 0. The van der Waals surface area contributed by atoms with Crippen molar-refractivity contribution in [1.29, 1.82) is 0 Å². The molecule has 0 aliphatic heterocycles. The molecular formula is C18H20NaO5S. The number of rotatable bonds is 2. The maximum absolute atomic E-state index is 12.6. The molecule has 25 heavy (non-hydrogen) atoms. The molecule has 1 radical (unpaired) electrons. The molecule has 0 spiro atoms. The summed E-state index contributed by atoms with van der Waals surface area (Å²) in [6.45, 7) is 1.83. The molecule has 2 saturated carbocycles. The first-order chi connectivity index (χ1) is 12.8. The first-order valence-electron chi connectivity index (χ1n) is 9.90. The summed E-state index contributed by atoms with van der Waals surface area (Å²) in [5.41, 5.74) is 1.47. The number of fused-ring (bicyclic) bond motifs is 5. The second-order valence-corrected chi connectivity index (χ2v) is 7.89. The van der Waals surface area contributed by atoms with E-state index in [1.54, 1.807) is 0 Å². The second-order valence-electron chi connectivity index (χ2n) is 6.87. The predicted octanol–water partition coefficient (Wildman–Crippen LogP) is 2.83. The molecule has 0 unspecified atom stereocenters. The van der Waals surface area contributed by atoms with E-state index in [2.05, 4.69) is 4.18 Å². The molecule has 1 aromatic rings. The molecule has 3 aliphatic rings. The molecule has 3 atom stereocenters. The van der Waals surface area contributed by atoms with E-state index in [0.29, 0.717) is 24.8 Å². The molecule has 2 fully saturated rings. The molecule has 1 N–H and O–H groups in total. The van der Waals surface area contributed by atoms with Crippen molar-refractivity contribution in [2.75, 3.05) is 0 Å². The molecule has 4 rings (SSSR count). The van der Waals surface area contributed by atoms with Crippen LogP contribution in [-0.2, 0) is 21.6 Å². The second kappa shape index (κ2) is 6.50. The van der Waals surface area contributed by atoms with Crippen LogP contribution in [0.1, 0.15) is 55.1 Å². The van der Waals surface area contributed by atoms with Gasteiger partial charge in [0.1, 0.15) is 11.5 Å². The van der Waals surface area contributed by atoms with Crippen LogP contribution in [0.25, 0.3) is 0 Å². The summed E-state index contributed by atoms with van der Waals surface area (Å²) < 4.78 is 67.9. The molecular weight excluding hydrogens is 351 g/mol. The van der Waals surface area contributed by atoms with Gasteiger partial charge in [-0.05, 0) is 54.8 Å². The van der Waals surface area contributed by atoms with Crippen LogP contribution < -0.4 is 4.18 Å². The van der Waals surface area contributed by atoms with Crippen LogP contribution in [0.3, 0.4) is 0 Å². The Hall–Kier alpha value is -0.660. The fraction of sp³-hybridized carbons (Fsp3) is 0.500. The average Bonchev–Trinajstić information content (AvgIpc) is 2.77. The van der Waals surface area contributed by atoms with Crippen LogP contribution in [0.4, 0.5) is 0 Å². The molecule has 0 amide bonds. The largest absolute Gasteiger partial charge is 0.446 e. The standard InChI is InChI=1S/C18H20O5S.Na/c1-18-9-8-14-13-5-3-12(23-24(20,21)22)10-11(13)2-4-15(14)16(18)6-7-17(18)19;/h3-5,10,14,16H,2,6-9H2,1H3,(H,20,21,22);/t14-,16+,18+;/m1./s1/i3D,7D2,10D;. The number of benzene rings is 1. The summed E-state index contributed by atoms with van der Waals surface area (Å²) in [5.74, 6) is -1.23. The Labute approximate surface area is 175 Å². The minimum absolute atomic E-state index is 0. The van der Waals surface area contributed by atoms with Gasteiger partial charge in [0.2, 0.25) is 0 Å². The van der Waals surface area contributed by atoms with Gasteiger partial charge in [-0.1, -0.05) is 24.6 Å². The van der Waals surface area contributed by atoms with Crippen molar-refractivity contribution in [2.45, 2.75) is 44.9 Å². The molecule has 5 nitrogen and oxygen atoms in total. The monoisotopic (exact) mass is 375 g/mol. The zero-order chi connectivity index (χ0) is 20.6. The summed E-state index contributed by atoms with van der Waals surface area (Å²) in [6, 6.07) is 0.898. The van der Waals surface area contributed by atoms with Crippen LogP contribution >= 0.6 is 0 Å². The summed E-state index contributed by atoms with van der Waals surface area (Å²) in [7, 11) is -4.85. The summed E-state index contributed by atoms with van der Waals surface area (Å²) in [6.07, 6.45) is 1.58. The SMILES string of the molecule is [2H]c1cc2c(c([2H])c1OS(=O)(=O)O)CC=C1[C@@H]2CC[C@]2(C)C(=O)C([2H])([2H])C[C@@H]12.[Na]. The van der Waals surface area contributed by atoms with Gasteiger partial charge in [0.05, 0.1) is 2.74 Å². The minimum atomic E-state index is -4.85. The Morgan fingerprint density at radius 3 is 2.92 bits per heavy atom. The van der Waals surface area contributed by atoms with E-state index in [4.69, 9.17) is 10.0 Å². The summed E-state index contributed by atoms with van der Waals surface area (Å²) in [4.78, 5) is 12.6. The average molecular weight is 375 g/mol. The summed E-state index contributed by atoms with van der Waals surface area (Å²) in [5, 5.41) is 0. The van der Waals surface area contributed by atoms with Crippen LogP contribution in [0.2, 0.25) is 0 Å². The molecule has 129 valence electrons. The molecule has 0 heterocycles. The van der Waals surface area contributed by atoms with Crippen LogP contribution in [0, 0.1) is 11.3 Å². The van der Waals surface area contributed by atoms with E-state index in [9.17, 15) is 13.2 Å². The molecule has 0 bridgehead atoms. The maximum atomic E-state index is 12.6. The fourth-order valence-electron chi connectivity index (χ4n) is 4.35. The third kappa shape index (κ3) is 3.23. The Balaban J connectivity index is 0.00000240. The third-order valence-electron chi connectivity index (χ3n) is 5.59. The van der Waals surface area contributed by atoms with Gasteiger partial charge >= 0.3 is 10.4 Å². The normalized spacial score (nSPS) is 34.8. The number of carbonyl (C=O) groups excluding carboxylic acids is 1. The minimum Gasteiger partial charge on any atom is -0.362 e. The van der Waals surface area contributed by atoms with Crippen LogP contribution in [0.5, 0.6) is 5.75 Å². The van der Waals surface area contributed by atoms with Gasteiger partial charge in [-0.15, -0.1) is 0 Å². The van der Waals surface area contributed by atoms with Crippen LogP contribution in [0.15, 0.2) is 29.8 Å². The Bertz CT molecular complexity index is 1040. The van der Waals surface area contributed by atoms with Crippen molar-refractivity contribution in [2.24, 2.45) is 11.3 Å². The van der Waals surface area contributed by atoms with Gasteiger partial charge in [-0.25, -0.2) is 0 Å².